The Morgan fingerprint density at radius 3 is 2.91 bits per heavy atom. The Hall–Kier alpha value is -3.79. The minimum Gasteiger partial charge on any atom is -0.493 e. The first-order valence-electron chi connectivity index (χ1n) is 9.63. The number of aromatic nitrogens is 3. The summed E-state index contributed by atoms with van der Waals surface area (Å²) in [6.45, 7) is 3.18. The molecule has 0 spiro atoms. The number of rotatable bonds is 8. The summed E-state index contributed by atoms with van der Waals surface area (Å²) in [6.07, 6.45) is 0.993. The number of nitrogens with one attached hydrogen (secondary N) is 1. The van der Waals surface area contributed by atoms with Gasteiger partial charge in [0.05, 0.1) is 12.7 Å². The summed E-state index contributed by atoms with van der Waals surface area (Å²) >= 11 is 1.39. The van der Waals surface area contributed by atoms with Gasteiger partial charge in [0.15, 0.2) is 23.8 Å². The van der Waals surface area contributed by atoms with Gasteiger partial charge in [-0.3, -0.25) is 0 Å². The Labute approximate surface area is 188 Å². The number of ether oxygens (including phenoxy) is 3. The molecule has 32 heavy (non-hydrogen) atoms. The number of fused-ring (bicyclic) bond motifs is 3. The van der Waals surface area contributed by atoms with E-state index in [9.17, 15) is 4.79 Å². The predicted octanol–water partition coefficient (Wildman–Crippen LogP) is 3.79. The third-order valence-electron chi connectivity index (χ3n) is 4.52. The molecule has 1 aliphatic rings. The van der Waals surface area contributed by atoms with E-state index in [0.717, 1.165) is 11.3 Å². The van der Waals surface area contributed by atoms with Crippen LogP contribution in [0.15, 0.2) is 60.3 Å². The molecule has 2 N–H and O–H groups in total. The fraction of sp³-hybridized carbons (Fsp3) is 0.182. The highest BCUT2D eigenvalue weighted by molar-refractivity contribution is 7.99. The van der Waals surface area contributed by atoms with Gasteiger partial charge in [0.2, 0.25) is 17.3 Å². The third kappa shape index (κ3) is 4.45. The smallest absolute Gasteiger partial charge is 0.341 e. The van der Waals surface area contributed by atoms with Crippen molar-refractivity contribution in [3.05, 3.63) is 60.7 Å². The predicted molar refractivity (Wildman–Crippen MR) is 119 cm³/mol. The molecule has 1 unspecified atom stereocenters. The van der Waals surface area contributed by atoms with Gasteiger partial charge in [0.25, 0.3) is 0 Å². The lowest BCUT2D eigenvalue weighted by atomic mass is 10.1. The van der Waals surface area contributed by atoms with Crippen LogP contribution in [0.3, 0.4) is 0 Å². The van der Waals surface area contributed by atoms with Crippen LogP contribution in [0.5, 0.6) is 17.4 Å². The number of nitrogens with zero attached hydrogens (tertiary/aromatic N) is 3. The molecule has 0 fully saturated rings. The zero-order chi connectivity index (χ0) is 22.5. The first kappa shape index (κ1) is 21.4. The monoisotopic (exact) mass is 452 g/mol. The summed E-state index contributed by atoms with van der Waals surface area (Å²) in [4.78, 5) is 15.7. The van der Waals surface area contributed by atoms with Crippen molar-refractivity contribution in [2.75, 3.05) is 24.8 Å². The van der Waals surface area contributed by atoms with Gasteiger partial charge in [0.1, 0.15) is 0 Å². The molecule has 1 atom stereocenters. The molecule has 10 heteroatoms. The maximum Gasteiger partial charge on any atom is 0.341 e. The molecule has 9 nitrogen and oxygen atoms in total. The van der Waals surface area contributed by atoms with Crippen LogP contribution in [-0.4, -0.2) is 45.7 Å². The average molecular weight is 452 g/mol. The molecule has 0 aliphatic carbocycles. The minimum absolute atomic E-state index is 0.263. The van der Waals surface area contributed by atoms with Crippen LogP contribution >= 0.6 is 11.8 Å². The number of hydrogen-bond acceptors (Lipinski definition) is 9. The van der Waals surface area contributed by atoms with E-state index >= 15 is 0 Å². The number of anilines is 1. The topological polar surface area (TPSA) is 116 Å². The Bertz CT molecular complexity index is 1160. The summed E-state index contributed by atoms with van der Waals surface area (Å²) in [5.74, 6) is 0.463. The van der Waals surface area contributed by atoms with E-state index in [1.807, 2.05) is 24.3 Å². The van der Waals surface area contributed by atoms with Crippen molar-refractivity contribution in [2.24, 2.45) is 0 Å². The molecule has 0 saturated heterocycles. The van der Waals surface area contributed by atoms with E-state index in [4.69, 9.17) is 19.3 Å². The first-order chi connectivity index (χ1) is 15.6. The molecule has 3 aromatic rings. The van der Waals surface area contributed by atoms with Gasteiger partial charge >= 0.3 is 5.97 Å². The number of hydrogen-bond donors (Lipinski definition) is 2. The van der Waals surface area contributed by atoms with Crippen molar-refractivity contribution in [1.82, 2.24) is 15.2 Å². The van der Waals surface area contributed by atoms with Crippen LogP contribution in [-0.2, 0) is 4.79 Å². The normalized spacial score (nSPS) is 14.1. The number of carbonyl (C=O) groups is 1. The van der Waals surface area contributed by atoms with Crippen LogP contribution in [0, 0.1) is 0 Å². The zero-order valence-electron chi connectivity index (χ0n) is 17.1. The number of carboxylic acid groups (broad SMARTS) is 1. The summed E-state index contributed by atoms with van der Waals surface area (Å²) in [5.41, 5.74) is 2.58. The summed E-state index contributed by atoms with van der Waals surface area (Å²) in [5, 5.41) is 21.4. The standard InChI is InChI=1S/C22H20N4O5S/c1-3-11-32-22-24-21-18(25-26-22)13-7-4-5-9-15(13)23-20(31-21)14-8-6-10-16(29-2)19(14)30-12-17(27)28/h3-10,20,23H,1,11-12H2,2H3,(H,27,28). The van der Waals surface area contributed by atoms with Gasteiger partial charge in [-0.15, -0.1) is 16.8 Å². The summed E-state index contributed by atoms with van der Waals surface area (Å²) in [6, 6.07) is 12.8. The second-order valence-electron chi connectivity index (χ2n) is 6.60. The highest BCUT2D eigenvalue weighted by atomic mass is 32.2. The van der Waals surface area contributed by atoms with E-state index in [2.05, 4.69) is 27.1 Å². The van der Waals surface area contributed by atoms with Gasteiger partial charge in [-0.1, -0.05) is 42.1 Å². The van der Waals surface area contributed by atoms with Crippen molar-refractivity contribution in [2.45, 2.75) is 11.4 Å². The Kier molecular flexibility index (Phi) is 6.41. The molecular weight excluding hydrogens is 432 g/mol. The van der Waals surface area contributed by atoms with Gasteiger partial charge in [-0.2, -0.15) is 4.98 Å². The third-order valence-corrected chi connectivity index (χ3v) is 5.35. The maximum absolute atomic E-state index is 11.1. The average Bonchev–Trinajstić information content (AvgIpc) is 2.97. The van der Waals surface area contributed by atoms with Crippen LogP contribution in [0.25, 0.3) is 11.3 Å². The van der Waals surface area contributed by atoms with Crippen molar-refractivity contribution in [3.63, 3.8) is 0 Å². The van der Waals surface area contributed by atoms with Crippen molar-refractivity contribution < 1.29 is 24.1 Å². The fourth-order valence-electron chi connectivity index (χ4n) is 3.17. The lowest BCUT2D eigenvalue weighted by molar-refractivity contribution is -0.139. The molecule has 2 aromatic carbocycles. The molecule has 1 aliphatic heterocycles. The Balaban J connectivity index is 1.81. The summed E-state index contributed by atoms with van der Waals surface area (Å²) < 4.78 is 17.2. The first-order valence-corrected chi connectivity index (χ1v) is 10.6. The van der Waals surface area contributed by atoms with E-state index in [-0.39, 0.29) is 5.75 Å². The van der Waals surface area contributed by atoms with Crippen LogP contribution in [0.1, 0.15) is 11.8 Å². The number of aliphatic carboxylic acids is 1. The van der Waals surface area contributed by atoms with Crippen molar-refractivity contribution in [1.29, 1.82) is 0 Å². The van der Waals surface area contributed by atoms with Crippen molar-refractivity contribution in [3.8, 4) is 28.6 Å². The molecule has 0 radical (unpaired) electrons. The molecular formula is C22H20N4O5S. The second-order valence-corrected chi connectivity index (χ2v) is 7.58. The Morgan fingerprint density at radius 2 is 2.12 bits per heavy atom. The number of para-hydroxylation sites is 2. The van der Waals surface area contributed by atoms with E-state index in [1.54, 1.807) is 24.3 Å². The highest BCUT2D eigenvalue weighted by Gasteiger charge is 2.29. The molecule has 1 aromatic heterocycles. The van der Waals surface area contributed by atoms with Gasteiger partial charge < -0.3 is 24.6 Å². The molecule has 0 bridgehead atoms. The van der Waals surface area contributed by atoms with Crippen LogP contribution in [0.4, 0.5) is 5.69 Å². The fourth-order valence-corrected chi connectivity index (χ4v) is 3.68. The quantitative estimate of drug-likeness (QED) is 0.386. The number of methoxy groups -OCH3 is 1. The highest BCUT2D eigenvalue weighted by Crippen LogP contribution is 2.43. The molecule has 0 saturated carbocycles. The zero-order valence-corrected chi connectivity index (χ0v) is 18.0. The van der Waals surface area contributed by atoms with Crippen LogP contribution in [0.2, 0.25) is 0 Å². The molecule has 164 valence electrons. The van der Waals surface area contributed by atoms with Crippen molar-refractivity contribution >= 4 is 23.4 Å². The van der Waals surface area contributed by atoms with E-state index in [0.29, 0.717) is 33.8 Å². The van der Waals surface area contributed by atoms with E-state index in [1.165, 1.54) is 18.9 Å². The van der Waals surface area contributed by atoms with Gasteiger partial charge in [-0.25, -0.2) is 4.79 Å². The number of carboxylic acids is 1. The van der Waals surface area contributed by atoms with Crippen LogP contribution < -0.4 is 19.5 Å². The minimum atomic E-state index is -1.10. The maximum atomic E-state index is 11.1. The van der Waals surface area contributed by atoms with E-state index < -0.39 is 18.8 Å². The lowest BCUT2D eigenvalue weighted by Gasteiger charge is -2.22. The molecule has 4 rings (SSSR count). The van der Waals surface area contributed by atoms with Gasteiger partial charge in [0, 0.05) is 17.0 Å². The summed E-state index contributed by atoms with van der Waals surface area (Å²) in [7, 11) is 1.49. The molecule has 0 amide bonds. The SMILES string of the molecule is C=CCSc1nnc2c(n1)OC(c1cccc(OC)c1OCC(=O)O)Nc1ccccc1-2. The second kappa shape index (κ2) is 9.56. The lowest BCUT2D eigenvalue weighted by Crippen LogP contribution is -2.20. The number of thioether (sulfide) groups is 1. The molecule has 2 heterocycles. The Morgan fingerprint density at radius 1 is 1.28 bits per heavy atom. The van der Waals surface area contributed by atoms with Gasteiger partial charge in [-0.05, 0) is 18.2 Å². The number of benzene rings is 2. The largest absolute Gasteiger partial charge is 0.493 e.